The topological polar surface area (TPSA) is 62.3 Å². The van der Waals surface area contributed by atoms with Crippen LogP contribution in [0.15, 0.2) is 53.7 Å². The fraction of sp³-hybridized carbons (Fsp3) is 0.267. The van der Waals surface area contributed by atoms with Crippen molar-refractivity contribution in [2.75, 3.05) is 19.6 Å². The van der Waals surface area contributed by atoms with Gasteiger partial charge in [0.05, 0.1) is 10.9 Å². The molecule has 124 valence electrons. The van der Waals surface area contributed by atoms with Gasteiger partial charge in [0.15, 0.2) is 0 Å². The lowest BCUT2D eigenvalue weighted by Crippen LogP contribution is -2.48. The van der Waals surface area contributed by atoms with E-state index in [1.807, 2.05) is 12.1 Å². The Bertz CT molecular complexity index is 739. The van der Waals surface area contributed by atoms with Crippen LogP contribution in [-0.2, 0) is 10.0 Å². The van der Waals surface area contributed by atoms with Gasteiger partial charge in [-0.25, -0.2) is 8.42 Å². The quantitative estimate of drug-likeness (QED) is 0.897. The van der Waals surface area contributed by atoms with Gasteiger partial charge in [0.1, 0.15) is 0 Å². The largest absolute Gasteiger partial charge is 0.313 e. The number of hydrogen-bond acceptors (Lipinski definition) is 4. The van der Waals surface area contributed by atoms with Crippen molar-refractivity contribution >= 4 is 34.0 Å². The lowest BCUT2D eigenvalue weighted by Gasteiger charge is -2.35. The highest BCUT2D eigenvalue weighted by atomic mass is 35.5. The van der Waals surface area contributed by atoms with E-state index in [1.54, 1.807) is 36.7 Å². The maximum Gasteiger partial charge on any atom is 0.243 e. The van der Waals surface area contributed by atoms with Crippen LogP contribution in [0.1, 0.15) is 11.6 Å². The third-order valence-electron chi connectivity index (χ3n) is 3.68. The van der Waals surface area contributed by atoms with Gasteiger partial charge in [-0.3, -0.25) is 4.98 Å². The van der Waals surface area contributed by atoms with Crippen molar-refractivity contribution < 1.29 is 8.42 Å². The first-order valence-electron chi connectivity index (χ1n) is 6.97. The SMILES string of the molecule is Cl.O=S(=O)(c1ccc(Cl)cc1)N1CCNCC1c1cccnc1. The number of rotatable bonds is 3. The molecule has 1 unspecified atom stereocenters. The molecule has 1 fully saturated rings. The molecule has 1 aliphatic rings. The van der Waals surface area contributed by atoms with Gasteiger partial charge in [0.25, 0.3) is 0 Å². The van der Waals surface area contributed by atoms with Crippen LogP contribution in [0.25, 0.3) is 0 Å². The standard InChI is InChI=1S/C15H16ClN3O2S.ClH/c16-13-3-5-14(6-4-13)22(20,21)19-9-8-18-11-15(19)12-2-1-7-17-10-12;/h1-7,10,15,18H,8-9,11H2;1H. The Balaban J connectivity index is 0.00000192. The van der Waals surface area contributed by atoms with Crippen molar-refractivity contribution in [1.29, 1.82) is 0 Å². The van der Waals surface area contributed by atoms with Crippen molar-refractivity contribution in [1.82, 2.24) is 14.6 Å². The van der Waals surface area contributed by atoms with Crippen molar-refractivity contribution in [3.63, 3.8) is 0 Å². The highest BCUT2D eigenvalue weighted by Crippen LogP contribution is 2.28. The molecule has 0 amide bonds. The summed E-state index contributed by atoms with van der Waals surface area (Å²) in [5.74, 6) is 0. The van der Waals surface area contributed by atoms with Crippen LogP contribution in [0.2, 0.25) is 5.02 Å². The number of hydrogen-bond donors (Lipinski definition) is 1. The summed E-state index contributed by atoms with van der Waals surface area (Å²) in [6.07, 6.45) is 3.39. The van der Waals surface area contributed by atoms with E-state index in [0.29, 0.717) is 24.7 Å². The maximum absolute atomic E-state index is 12.9. The van der Waals surface area contributed by atoms with Crippen molar-refractivity contribution in [3.05, 3.63) is 59.4 Å². The van der Waals surface area contributed by atoms with Gasteiger partial charge in [-0.05, 0) is 35.9 Å². The van der Waals surface area contributed by atoms with Gasteiger partial charge in [-0.1, -0.05) is 17.7 Å². The summed E-state index contributed by atoms with van der Waals surface area (Å²) in [7, 11) is -3.57. The Labute approximate surface area is 147 Å². The molecule has 1 aliphatic heterocycles. The summed E-state index contributed by atoms with van der Waals surface area (Å²) in [5, 5.41) is 3.76. The van der Waals surface area contributed by atoms with E-state index >= 15 is 0 Å². The molecule has 1 N–H and O–H groups in total. The smallest absolute Gasteiger partial charge is 0.243 e. The molecule has 5 nitrogen and oxygen atoms in total. The molecule has 23 heavy (non-hydrogen) atoms. The molecule has 0 radical (unpaired) electrons. The molecule has 0 saturated carbocycles. The Morgan fingerprint density at radius 2 is 1.96 bits per heavy atom. The summed E-state index contributed by atoms with van der Waals surface area (Å²) >= 11 is 5.85. The molecule has 1 aromatic heterocycles. The molecule has 1 atom stereocenters. The Kier molecular flexibility index (Phi) is 6.00. The molecular formula is C15H17Cl2N3O2S. The predicted molar refractivity (Wildman–Crippen MR) is 92.4 cm³/mol. The average Bonchev–Trinajstić information content (AvgIpc) is 2.56. The van der Waals surface area contributed by atoms with Gasteiger partial charge < -0.3 is 5.32 Å². The molecule has 0 bridgehead atoms. The normalized spacial score (nSPS) is 19.1. The van der Waals surface area contributed by atoms with Crippen LogP contribution < -0.4 is 5.32 Å². The van der Waals surface area contributed by atoms with E-state index in [2.05, 4.69) is 10.3 Å². The number of pyridine rings is 1. The van der Waals surface area contributed by atoms with Crippen LogP contribution in [0.5, 0.6) is 0 Å². The zero-order valence-electron chi connectivity index (χ0n) is 12.2. The van der Waals surface area contributed by atoms with Crippen LogP contribution in [0.3, 0.4) is 0 Å². The Hall–Kier alpha value is -1.18. The fourth-order valence-corrected chi connectivity index (χ4v) is 4.31. The van der Waals surface area contributed by atoms with Crippen molar-refractivity contribution in [3.8, 4) is 0 Å². The molecule has 0 aliphatic carbocycles. The minimum Gasteiger partial charge on any atom is -0.313 e. The summed E-state index contributed by atoms with van der Waals surface area (Å²) in [6, 6.07) is 9.72. The number of piperazine rings is 1. The Morgan fingerprint density at radius 3 is 2.61 bits per heavy atom. The van der Waals surface area contributed by atoms with Gasteiger partial charge >= 0.3 is 0 Å². The van der Waals surface area contributed by atoms with E-state index in [0.717, 1.165) is 5.56 Å². The van der Waals surface area contributed by atoms with E-state index < -0.39 is 10.0 Å². The molecule has 2 heterocycles. The Morgan fingerprint density at radius 1 is 1.22 bits per heavy atom. The van der Waals surface area contributed by atoms with Crippen LogP contribution >= 0.6 is 24.0 Å². The molecule has 8 heteroatoms. The van der Waals surface area contributed by atoms with Crippen LogP contribution in [0, 0.1) is 0 Å². The van der Waals surface area contributed by atoms with Gasteiger partial charge in [0, 0.05) is 37.1 Å². The predicted octanol–water partition coefficient (Wildman–Crippen LogP) is 2.49. The second kappa shape index (κ2) is 7.59. The fourth-order valence-electron chi connectivity index (χ4n) is 2.57. The minimum atomic E-state index is -3.57. The summed E-state index contributed by atoms with van der Waals surface area (Å²) < 4.78 is 27.4. The summed E-state index contributed by atoms with van der Waals surface area (Å²) in [6.45, 7) is 1.62. The molecule has 2 aromatic rings. The third kappa shape index (κ3) is 3.84. The van der Waals surface area contributed by atoms with Gasteiger partial charge in [-0.2, -0.15) is 4.31 Å². The first-order chi connectivity index (χ1) is 10.6. The molecular weight excluding hydrogens is 357 g/mol. The lowest BCUT2D eigenvalue weighted by molar-refractivity contribution is 0.271. The van der Waals surface area contributed by atoms with E-state index in [1.165, 1.54) is 4.31 Å². The zero-order chi connectivity index (χ0) is 15.6. The summed E-state index contributed by atoms with van der Waals surface area (Å²) in [4.78, 5) is 4.35. The highest BCUT2D eigenvalue weighted by Gasteiger charge is 2.34. The number of aromatic nitrogens is 1. The minimum absolute atomic E-state index is 0. The average molecular weight is 374 g/mol. The number of halogens is 2. The molecule has 1 saturated heterocycles. The molecule has 1 aromatic carbocycles. The monoisotopic (exact) mass is 373 g/mol. The first kappa shape index (κ1) is 18.2. The second-order valence-electron chi connectivity index (χ2n) is 5.08. The van der Waals surface area contributed by atoms with Crippen LogP contribution in [-0.4, -0.2) is 37.3 Å². The second-order valence-corrected chi connectivity index (χ2v) is 7.40. The van der Waals surface area contributed by atoms with Gasteiger partial charge in [0.2, 0.25) is 10.0 Å². The van der Waals surface area contributed by atoms with Gasteiger partial charge in [-0.15, -0.1) is 12.4 Å². The number of nitrogens with one attached hydrogen (secondary N) is 1. The van der Waals surface area contributed by atoms with Crippen LogP contribution in [0.4, 0.5) is 0 Å². The number of nitrogens with zero attached hydrogens (tertiary/aromatic N) is 2. The zero-order valence-corrected chi connectivity index (χ0v) is 14.6. The lowest BCUT2D eigenvalue weighted by atomic mass is 10.1. The number of sulfonamides is 1. The van der Waals surface area contributed by atoms with E-state index in [4.69, 9.17) is 11.6 Å². The first-order valence-corrected chi connectivity index (χ1v) is 8.79. The maximum atomic E-state index is 12.9. The third-order valence-corrected chi connectivity index (χ3v) is 5.86. The van der Waals surface area contributed by atoms with E-state index in [-0.39, 0.29) is 23.3 Å². The molecule has 3 rings (SSSR count). The summed E-state index contributed by atoms with van der Waals surface area (Å²) in [5.41, 5.74) is 0.882. The highest BCUT2D eigenvalue weighted by molar-refractivity contribution is 7.89. The van der Waals surface area contributed by atoms with Crippen molar-refractivity contribution in [2.45, 2.75) is 10.9 Å². The van der Waals surface area contributed by atoms with E-state index in [9.17, 15) is 8.42 Å². The number of benzene rings is 1. The van der Waals surface area contributed by atoms with Crippen molar-refractivity contribution in [2.24, 2.45) is 0 Å². The molecule has 0 spiro atoms.